The Morgan fingerprint density at radius 1 is 0.255 bits per heavy atom. The molecule has 9 saturated carbocycles. The van der Waals surface area contributed by atoms with Crippen LogP contribution in [-0.4, -0.2) is 220 Å². The van der Waals surface area contributed by atoms with E-state index in [2.05, 4.69) is 47.9 Å². The monoisotopic (exact) mass is 1570 g/mol. The second-order valence-electron chi connectivity index (χ2n) is 35.5. The van der Waals surface area contributed by atoms with Gasteiger partial charge in [-0.2, -0.15) is 0 Å². The van der Waals surface area contributed by atoms with Crippen molar-refractivity contribution >= 4 is 53.2 Å². The first-order valence-electron chi connectivity index (χ1n) is 41.2. The smallest absolute Gasteiger partial charge is 0.225 e. The number of methoxy groups -OCH3 is 6. The predicted octanol–water partition coefficient (Wildman–Crippen LogP) is 8.41. The number of carbonyl (C=O) groups is 9. The molecule has 0 aromatic rings. The largest absolute Gasteiger partial charge is 0.393 e. The van der Waals surface area contributed by atoms with Gasteiger partial charge in [0.2, 0.25) is 53.2 Å². The normalized spacial score (nSPS) is 28.6. The quantitative estimate of drug-likeness (QED) is 0.0484. The Labute approximate surface area is 662 Å². The van der Waals surface area contributed by atoms with E-state index in [4.69, 9.17) is 28.4 Å². The van der Waals surface area contributed by atoms with Crippen LogP contribution < -0.4 is 47.9 Å². The van der Waals surface area contributed by atoms with Gasteiger partial charge in [-0.25, -0.2) is 0 Å². The van der Waals surface area contributed by atoms with E-state index in [1.165, 1.54) is 0 Å². The highest BCUT2D eigenvalue weighted by molar-refractivity contribution is 5.83. The van der Waals surface area contributed by atoms with E-state index < -0.39 is 0 Å². The van der Waals surface area contributed by atoms with Crippen molar-refractivity contribution in [2.45, 2.75) is 383 Å². The maximum absolute atomic E-state index is 11.7. The van der Waals surface area contributed by atoms with Crippen molar-refractivity contribution in [3.63, 3.8) is 0 Å². The molecule has 642 valence electrons. The first kappa shape index (κ1) is 103. The molecule has 27 nitrogen and oxygen atoms in total. The fourth-order valence-electron chi connectivity index (χ4n) is 12.2. The van der Waals surface area contributed by atoms with Crippen LogP contribution in [0, 0.1) is 52.3 Å². The van der Waals surface area contributed by atoms with Crippen LogP contribution in [0.25, 0.3) is 0 Å². The van der Waals surface area contributed by atoms with Crippen LogP contribution in [0.15, 0.2) is 0 Å². The third-order valence-corrected chi connectivity index (χ3v) is 20.5. The first-order chi connectivity index (χ1) is 51.2. The third kappa shape index (κ3) is 44.5. The zero-order valence-electron chi connectivity index (χ0n) is 72.7. The highest BCUT2D eigenvalue weighted by atomic mass is 16.5. The predicted molar refractivity (Wildman–Crippen MR) is 430 cm³/mol. The van der Waals surface area contributed by atoms with E-state index in [0.29, 0.717) is 36.4 Å². The SMILES string of the molecule is CC(C)C(=O)NC1CCC(O)C1.CC(C)C(=O)N[C@@H]1CC[C@H](O)C1.CC(C)C(=O)N[C@H]1CC[C@@H](O)C1.COC1CC1NC(=O)C(C)C.COC1CCC(NC(=O)C(C)C)C1.CO[C@@H]1CC[C@@H](NC(=O)C(C)(C)C)C1.CO[C@@H]1C[C@H]1NC(=O)C(C)(C)C.CO[C@H]1CC[C@H](NC(=O)C(C)C)C1.CO[C@H]1C[C@@H]1NC(=O)C(C)C. The fourth-order valence-corrected chi connectivity index (χ4v) is 12.2. The lowest BCUT2D eigenvalue weighted by Crippen LogP contribution is -2.40. The molecule has 9 fully saturated rings. The van der Waals surface area contributed by atoms with Crippen LogP contribution in [0.2, 0.25) is 0 Å². The summed E-state index contributed by atoms with van der Waals surface area (Å²) in [6.07, 6.45) is 20.7. The molecule has 0 radical (unpaired) electrons. The molecule has 110 heavy (non-hydrogen) atoms. The van der Waals surface area contributed by atoms with E-state index in [1.807, 2.05) is 138 Å². The van der Waals surface area contributed by atoms with Crippen LogP contribution in [-0.2, 0) is 71.6 Å². The molecular formula is C83H157N9O18. The highest BCUT2D eigenvalue weighted by Gasteiger charge is 2.42. The third-order valence-electron chi connectivity index (χ3n) is 20.5. The van der Waals surface area contributed by atoms with Crippen molar-refractivity contribution in [3.05, 3.63) is 0 Å². The van der Waals surface area contributed by atoms with Gasteiger partial charge in [-0.15, -0.1) is 0 Å². The highest BCUT2D eigenvalue weighted by Crippen LogP contribution is 2.29. The zero-order valence-corrected chi connectivity index (χ0v) is 72.7. The summed E-state index contributed by atoms with van der Waals surface area (Å²) in [4.78, 5) is 102. The summed E-state index contributed by atoms with van der Waals surface area (Å²) in [5.74, 6) is 1.52. The summed E-state index contributed by atoms with van der Waals surface area (Å²) >= 11 is 0. The molecule has 0 heterocycles. The minimum absolute atomic E-state index is 0.0442. The lowest BCUT2D eigenvalue weighted by atomic mass is 9.95. The van der Waals surface area contributed by atoms with E-state index in [-0.39, 0.29) is 178 Å². The van der Waals surface area contributed by atoms with Gasteiger partial charge < -0.3 is 91.6 Å². The molecule has 9 rings (SSSR count). The Kier molecular flexibility index (Phi) is 49.0. The number of ether oxygens (including phenoxy) is 6. The molecule has 12 N–H and O–H groups in total. The Morgan fingerprint density at radius 2 is 0.445 bits per heavy atom. The van der Waals surface area contributed by atoms with Crippen LogP contribution in [0.4, 0.5) is 0 Å². The maximum Gasteiger partial charge on any atom is 0.225 e. The van der Waals surface area contributed by atoms with Crippen molar-refractivity contribution in [2.24, 2.45) is 52.3 Å². The average molecular weight is 1570 g/mol. The van der Waals surface area contributed by atoms with Gasteiger partial charge in [-0.1, -0.05) is 138 Å². The lowest BCUT2D eigenvalue weighted by Gasteiger charge is -2.21. The molecule has 18 atom stereocenters. The van der Waals surface area contributed by atoms with Gasteiger partial charge in [0.1, 0.15) is 0 Å². The van der Waals surface area contributed by atoms with Gasteiger partial charge in [0.25, 0.3) is 0 Å². The number of amides is 9. The average Bonchev–Trinajstić information content (AvgIpc) is 1.70. The molecule has 0 aromatic carbocycles. The summed E-state index contributed by atoms with van der Waals surface area (Å²) < 4.78 is 30.9. The molecule has 6 unspecified atom stereocenters. The molecule has 0 spiro atoms. The van der Waals surface area contributed by atoms with Gasteiger partial charge in [0.15, 0.2) is 0 Å². The van der Waals surface area contributed by atoms with Crippen molar-refractivity contribution in [1.82, 2.24) is 47.9 Å². The number of hydrogen-bond donors (Lipinski definition) is 12. The number of carbonyl (C=O) groups excluding carboxylic acids is 9. The number of hydrogen-bond acceptors (Lipinski definition) is 18. The zero-order chi connectivity index (χ0) is 84.1. The molecular weight excluding hydrogens is 1410 g/mol. The standard InChI is InChI=1S/C11H21NO2.2C10H19NO2.4C9H17NO2.2C8H15NO2/c1-11(2,3)10(13)12-8-5-6-9(7-8)14-4;2*1-7(2)10(12)11-8-4-5-9(6-8)13-3;1-9(2,3)8(11)10-6-5-7(6)12-4;3*1-6(2)9(12)10-7-3-4-8(11)5-7;2*1-5(2)8(10)9-6-4-7(6)11-3/h8-9H,5-7H2,1-4H3,(H,12,13);2*7-9H,4-6H2,1-3H3,(H,11,12);6-7H,5H2,1-4H3,(H,10,11);3*6-8,11H,3-5H2,1-2H3,(H,10,12);2*5-7H,4H2,1-3H3,(H,9,10)/t2*8-,9-;;6-,7-;2*7-,8+;;6-,7-;/m10.110.0./s1. The Balaban J connectivity index is 0.000000619. The number of aliphatic hydroxyl groups is 3. The van der Waals surface area contributed by atoms with Crippen molar-refractivity contribution in [3.8, 4) is 0 Å². The molecule has 0 bridgehead atoms. The molecule has 0 aromatic heterocycles. The minimum atomic E-state index is -0.291. The second kappa shape index (κ2) is 52.4. The second-order valence-corrected chi connectivity index (χ2v) is 35.5. The van der Waals surface area contributed by atoms with E-state index in [0.717, 1.165) is 135 Å². The number of aliphatic hydroxyl groups excluding tert-OH is 3. The number of rotatable bonds is 22. The van der Waals surface area contributed by atoms with Crippen molar-refractivity contribution in [2.75, 3.05) is 42.7 Å². The maximum atomic E-state index is 11.7. The van der Waals surface area contributed by atoms with Crippen LogP contribution in [0.5, 0.6) is 0 Å². The summed E-state index contributed by atoms with van der Waals surface area (Å²) in [7, 11) is 10.2. The molecule has 9 aliphatic carbocycles. The minimum Gasteiger partial charge on any atom is -0.393 e. The molecule has 27 heteroatoms. The van der Waals surface area contributed by atoms with Gasteiger partial charge >= 0.3 is 0 Å². The Morgan fingerprint density at radius 3 is 0.618 bits per heavy atom. The van der Waals surface area contributed by atoms with Gasteiger partial charge in [-0.05, 0) is 135 Å². The van der Waals surface area contributed by atoms with Crippen LogP contribution >= 0.6 is 0 Å². The molecule has 9 aliphatic rings. The molecule has 0 saturated heterocycles. The fraction of sp³-hybridized carbons (Fsp3) is 0.892. The summed E-state index contributed by atoms with van der Waals surface area (Å²) in [5, 5.41) is 54.2. The summed E-state index contributed by atoms with van der Waals surface area (Å²) in [6, 6.07) is 2.39. The molecule has 9 amide bonds. The Bertz CT molecular complexity index is 2520. The van der Waals surface area contributed by atoms with Crippen LogP contribution in [0.3, 0.4) is 0 Å². The topological polar surface area (TPSA) is 378 Å². The van der Waals surface area contributed by atoms with Crippen molar-refractivity contribution in [1.29, 1.82) is 0 Å². The van der Waals surface area contributed by atoms with Gasteiger partial charge in [0, 0.05) is 131 Å². The van der Waals surface area contributed by atoms with Gasteiger partial charge in [0.05, 0.1) is 73.1 Å². The van der Waals surface area contributed by atoms with Crippen molar-refractivity contribution < 1.29 is 86.9 Å². The van der Waals surface area contributed by atoms with E-state index in [9.17, 15) is 58.5 Å². The van der Waals surface area contributed by atoms with E-state index >= 15 is 0 Å². The first-order valence-corrected chi connectivity index (χ1v) is 41.2. The lowest BCUT2D eigenvalue weighted by molar-refractivity contribution is -0.129. The summed E-state index contributed by atoms with van der Waals surface area (Å²) in [5.41, 5.74) is -0.577. The summed E-state index contributed by atoms with van der Waals surface area (Å²) in [6.45, 7) is 38.0. The Hall–Kier alpha value is -5.13. The van der Waals surface area contributed by atoms with Crippen LogP contribution in [0.1, 0.15) is 273 Å². The number of nitrogens with one attached hydrogen (secondary N) is 9. The molecule has 0 aliphatic heterocycles. The van der Waals surface area contributed by atoms with E-state index in [1.54, 1.807) is 42.7 Å². The van der Waals surface area contributed by atoms with Gasteiger partial charge in [-0.3, -0.25) is 43.2 Å².